The number of nitrogens with zero attached hydrogens (tertiary/aromatic N) is 2. The lowest BCUT2D eigenvalue weighted by atomic mass is 9.68. The molecule has 1 aromatic heterocycles. The average Bonchev–Trinajstić information content (AvgIpc) is 2.70. The normalized spacial score (nSPS) is 34.5. The van der Waals surface area contributed by atoms with Crippen molar-refractivity contribution < 1.29 is 0 Å². The summed E-state index contributed by atoms with van der Waals surface area (Å²) in [7, 11) is 0. The van der Waals surface area contributed by atoms with Crippen molar-refractivity contribution >= 4 is 15.9 Å². The number of rotatable bonds is 3. The largest absolute Gasteiger partial charge is 0.263 e. The first-order valence-electron chi connectivity index (χ1n) is 7.00. The molecule has 0 spiro atoms. The summed E-state index contributed by atoms with van der Waals surface area (Å²) in [6, 6.07) is 0. The van der Waals surface area contributed by atoms with Crippen molar-refractivity contribution in [3.8, 4) is 0 Å². The van der Waals surface area contributed by atoms with E-state index in [2.05, 4.69) is 51.9 Å². The molecule has 0 saturated heterocycles. The van der Waals surface area contributed by atoms with Crippen LogP contribution in [0.25, 0.3) is 0 Å². The molecule has 4 heteroatoms. The van der Waals surface area contributed by atoms with Gasteiger partial charge in [0.2, 0.25) is 0 Å². The number of nitrogens with one attached hydrogen (secondary N) is 1. The Hall–Kier alpha value is -0.380. The van der Waals surface area contributed by atoms with Crippen molar-refractivity contribution in [1.29, 1.82) is 0 Å². The van der Waals surface area contributed by atoms with Crippen LogP contribution in [-0.4, -0.2) is 15.2 Å². The number of halogens is 1. The number of hydrogen-bond acceptors (Lipinski definition) is 2. The number of aromatic amines is 1. The zero-order valence-electron chi connectivity index (χ0n) is 11.8. The van der Waals surface area contributed by atoms with Gasteiger partial charge in [-0.2, -0.15) is 5.10 Å². The predicted molar refractivity (Wildman–Crippen MR) is 77.6 cm³/mol. The van der Waals surface area contributed by atoms with Crippen LogP contribution in [0.2, 0.25) is 0 Å². The molecule has 1 fully saturated rings. The van der Waals surface area contributed by atoms with Gasteiger partial charge < -0.3 is 0 Å². The molecule has 1 aliphatic carbocycles. The Labute approximate surface area is 118 Å². The van der Waals surface area contributed by atoms with E-state index >= 15 is 0 Å². The molecular formula is C14H24BrN3. The Morgan fingerprint density at radius 2 is 1.89 bits per heavy atom. The molecule has 0 radical (unpaired) electrons. The Balaban J connectivity index is 2.00. The standard InChI is InChI=1S/C14H24BrN3/c1-8-5-9(2)12(10(3)6-8)7-13(15)14-16-11(4)17-18-14/h8-10,12-13H,5-7H2,1-4H3,(H,16,17,18). The smallest absolute Gasteiger partial charge is 0.164 e. The second-order valence-corrected chi connectivity index (χ2v) is 7.28. The van der Waals surface area contributed by atoms with Crippen molar-refractivity contribution in [3.05, 3.63) is 11.6 Å². The van der Waals surface area contributed by atoms with E-state index in [4.69, 9.17) is 0 Å². The van der Waals surface area contributed by atoms with Gasteiger partial charge in [-0.05, 0) is 49.9 Å². The first kappa shape index (κ1) is 14.0. The minimum atomic E-state index is 0.283. The molecular weight excluding hydrogens is 290 g/mol. The van der Waals surface area contributed by atoms with Gasteiger partial charge in [-0.15, -0.1) is 0 Å². The first-order chi connectivity index (χ1) is 8.47. The van der Waals surface area contributed by atoms with Gasteiger partial charge in [-0.3, -0.25) is 5.10 Å². The molecule has 3 atom stereocenters. The van der Waals surface area contributed by atoms with Crippen molar-refractivity contribution in [3.63, 3.8) is 0 Å². The quantitative estimate of drug-likeness (QED) is 0.847. The van der Waals surface area contributed by atoms with E-state index in [1.807, 2.05) is 6.92 Å². The van der Waals surface area contributed by atoms with E-state index in [0.717, 1.165) is 41.7 Å². The van der Waals surface area contributed by atoms with Crippen molar-refractivity contribution in [2.75, 3.05) is 0 Å². The zero-order valence-corrected chi connectivity index (χ0v) is 13.4. The summed E-state index contributed by atoms with van der Waals surface area (Å²) < 4.78 is 0. The lowest BCUT2D eigenvalue weighted by molar-refractivity contribution is 0.127. The Bertz CT molecular complexity index is 378. The van der Waals surface area contributed by atoms with Gasteiger partial charge in [0.1, 0.15) is 5.82 Å². The van der Waals surface area contributed by atoms with Crippen LogP contribution in [-0.2, 0) is 0 Å². The van der Waals surface area contributed by atoms with Crippen LogP contribution >= 0.6 is 15.9 Å². The number of aromatic nitrogens is 3. The second kappa shape index (κ2) is 5.72. The van der Waals surface area contributed by atoms with Gasteiger partial charge >= 0.3 is 0 Å². The summed E-state index contributed by atoms with van der Waals surface area (Å²) in [4.78, 5) is 4.71. The van der Waals surface area contributed by atoms with Gasteiger partial charge in [0.25, 0.3) is 0 Å². The lowest BCUT2D eigenvalue weighted by Gasteiger charge is -2.38. The maximum Gasteiger partial charge on any atom is 0.164 e. The van der Waals surface area contributed by atoms with E-state index < -0.39 is 0 Å². The van der Waals surface area contributed by atoms with Gasteiger partial charge in [0.05, 0.1) is 4.83 Å². The molecule has 0 bridgehead atoms. The highest BCUT2D eigenvalue weighted by Crippen LogP contribution is 2.43. The van der Waals surface area contributed by atoms with Crippen LogP contribution in [0.5, 0.6) is 0 Å². The van der Waals surface area contributed by atoms with Crippen molar-refractivity contribution in [2.24, 2.45) is 23.7 Å². The number of hydrogen-bond donors (Lipinski definition) is 1. The van der Waals surface area contributed by atoms with E-state index in [1.165, 1.54) is 12.8 Å². The van der Waals surface area contributed by atoms with Crippen molar-refractivity contribution in [1.82, 2.24) is 15.2 Å². The fourth-order valence-electron chi connectivity index (χ4n) is 3.59. The maximum atomic E-state index is 4.43. The third kappa shape index (κ3) is 3.14. The summed E-state index contributed by atoms with van der Waals surface area (Å²) in [6.07, 6.45) is 3.87. The summed E-state index contributed by atoms with van der Waals surface area (Å²) in [5.74, 6) is 5.08. The lowest BCUT2D eigenvalue weighted by Crippen LogP contribution is -2.29. The molecule has 0 aliphatic heterocycles. The predicted octanol–water partition coefficient (Wildman–Crippen LogP) is 4.26. The molecule has 0 aromatic carbocycles. The minimum Gasteiger partial charge on any atom is -0.263 e. The van der Waals surface area contributed by atoms with Crippen LogP contribution in [0.4, 0.5) is 0 Å². The van der Waals surface area contributed by atoms with Crippen LogP contribution in [0, 0.1) is 30.6 Å². The van der Waals surface area contributed by atoms with Crippen LogP contribution in [0.3, 0.4) is 0 Å². The highest BCUT2D eigenvalue weighted by atomic mass is 79.9. The molecule has 18 heavy (non-hydrogen) atoms. The van der Waals surface area contributed by atoms with Gasteiger partial charge in [0, 0.05) is 0 Å². The molecule has 3 unspecified atom stereocenters. The number of aryl methyl sites for hydroxylation is 1. The van der Waals surface area contributed by atoms with Crippen LogP contribution < -0.4 is 0 Å². The molecule has 1 N–H and O–H groups in total. The highest BCUT2D eigenvalue weighted by molar-refractivity contribution is 9.09. The molecule has 1 heterocycles. The van der Waals surface area contributed by atoms with Gasteiger partial charge in [-0.25, -0.2) is 4.98 Å². The van der Waals surface area contributed by atoms with E-state index in [0.29, 0.717) is 0 Å². The summed E-state index contributed by atoms with van der Waals surface area (Å²) >= 11 is 3.76. The van der Waals surface area contributed by atoms with Crippen molar-refractivity contribution in [2.45, 2.75) is 51.8 Å². The number of H-pyrrole nitrogens is 1. The molecule has 1 saturated carbocycles. The average molecular weight is 314 g/mol. The SMILES string of the molecule is Cc1nc(C(Br)CC2C(C)CC(C)CC2C)n[nH]1. The Morgan fingerprint density at radius 1 is 1.28 bits per heavy atom. The monoisotopic (exact) mass is 313 g/mol. The van der Waals surface area contributed by atoms with E-state index in [9.17, 15) is 0 Å². The third-order valence-electron chi connectivity index (χ3n) is 4.38. The van der Waals surface area contributed by atoms with Crippen LogP contribution in [0.1, 0.15) is 56.5 Å². The maximum absolute atomic E-state index is 4.43. The highest BCUT2D eigenvalue weighted by Gasteiger charge is 2.33. The molecule has 2 rings (SSSR count). The molecule has 102 valence electrons. The summed E-state index contributed by atoms with van der Waals surface area (Å²) in [6.45, 7) is 9.14. The van der Waals surface area contributed by atoms with E-state index in [-0.39, 0.29) is 4.83 Å². The summed E-state index contributed by atoms with van der Waals surface area (Å²) in [5, 5.41) is 7.19. The van der Waals surface area contributed by atoms with Gasteiger partial charge in [0.15, 0.2) is 5.82 Å². The molecule has 1 aromatic rings. The first-order valence-corrected chi connectivity index (χ1v) is 7.92. The fraction of sp³-hybridized carbons (Fsp3) is 0.857. The third-order valence-corrected chi connectivity index (χ3v) is 5.17. The Kier molecular flexibility index (Phi) is 4.46. The number of alkyl halides is 1. The molecule has 1 aliphatic rings. The summed E-state index contributed by atoms with van der Waals surface area (Å²) in [5.41, 5.74) is 0. The second-order valence-electron chi connectivity index (χ2n) is 6.18. The fourth-order valence-corrected chi connectivity index (χ4v) is 4.22. The molecule has 3 nitrogen and oxygen atoms in total. The Morgan fingerprint density at radius 3 is 2.39 bits per heavy atom. The molecule has 0 amide bonds. The van der Waals surface area contributed by atoms with E-state index in [1.54, 1.807) is 0 Å². The van der Waals surface area contributed by atoms with Crippen LogP contribution in [0.15, 0.2) is 0 Å². The van der Waals surface area contributed by atoms with Gasteiger partial charge in [-0.1, -0.05) is 36.7 Å². The minimum absolute atomic E-state index is 0.283. The zero-order chi connectivity index (χ0) is 13.3. The topological polar surface area (TPSA) is 41.6 Å².